The Bertz CT molecular complexity index is 755. The van der Waals surface area contributed by atoms with Crippen LogP contribution in [0.3, 0.4) is 0 Å². The molecule has 0 radical (unpaired) electrons. The number of benzene rings is 1. The minimum Gasteiger partial charge on any atom is -0.328 e. The van der Waals surface area contributed by atoms with E-state index in [2.05, 4.69) is 42.3 Å². The molecule has 2 heterocycles. The van der Waals surface area contributed by atoms with E-state index in [4.69, 9.17) is 11.6 Å². The van der Waals surface area contributed by atoms with Crippen molar-refractivity contribution < 1.29 is 4.39 Å². The van der Waals surface area contributed by atoms with Crippen LogP contribution in [0.1, 0.15) is 11.4 Å². The number of nitrogens with zero attached hydrogens (tertiary/aromatic N) is 2. The first kappa shape index (κ1) is 15.0. The fourth-order valence-electron chi connectivity index (χ4n) is 2.37. The van der Waals surface area contributed by atoms with Crippen molar-refractivity contribution in [1.29, 1.82) is 0 Å². The third-order valence-electron chi connectivity index (χ3n) is 3.39. The molecule has 0 spiro atoms. The van der Waals surface area contributed by atoms with Crippen LogP contribution in [0.15, 0.2) is 33.4 Å². The molecule has 0 unspecified atom stereocenters. The molecule has 0 aliphatic rings. The first-order chi connectivity index (χ1) is 10.2. The van der Waals surface area contributed by atoms with Gasteiger partial charge in [0.15, 0.2) is 0 Å². The van der Waals surface area contributed by atoms with Gasteiger partial charge in [-0.25, -0.2) is 9.37 Å². The van der Waals surface area contributed by atoms with Gasteiger partial charge in [-0.3, -0.25) is 0 Å². The standard InChI is InChI=1S/C15H13BrClFN2S/c16-11-7-13-14(8-12(11)18)20(15(19-13)1-4-17)5-2-10-3-6-21-9-10/h3,6-9H,1-2,4-5H2. The second kappa shape index (κ2) is 6.46. The Labute approximate surface area is 139 Å². The van der Waals surface area contributed by atoms with Gasteiger partial charge in [-0.2, -0.15) is 11.3 Å². The molecule has 0 N–H and O–H groups in total. The normalized spacial score (nSPS) is 11.4. The maximum absolute atomic E-state index is 13.8. The summed E-state index contributed by atoms with van der Waals surface area (Å²) in [6, 6.07) is 5.38. The third kappa shape index (κ3) is 3.15. The molecule has 0 aliphatic heterocycles. The van der Waals surface area contributed by atoms with Gasteiger partial charge in [-0.05, 0) is 50.8 Å². The van der Waals surface area contributed by atoms with Crippen molar-refractivity contribution in [2.24, 2.45) is 0 Å². The summed E-state index contributed by atoms with van der Waals surface area (Å²) in [5, 5.41) is 4.20. The number of alkyl halides is 1. The van der Waals surface area contributed by atoms with Crippen molar-refractivity contribution in [2.45, 2.75) is 19.4 Å². The molecule has 110 valence electrons. The molecule has 6 heteroatoms. The number of imidazole rings is 1. The Balaban J connectivity index is 2.00. The first-order valence-electron chi connectivity index (χ1n) is 6.60. The Morgan fingerprint density at radius 2 is 2.19 bits per heavy atom. The van der Waals surface area contributed by atoms with Crippen LogP contribution in [0, 0.1) is 5.82 Å². The van der Waals surface area contributed by atoms with E-state index in [1.165, 1.54) is 11.6 Å². The number of fused-ring (bicyclic) bond motifs is 1. The van der Waals surface area contributed by atoms with Crippen LogP contribution < -0.4 is 0 Å². The largest absolute Gasteiger partial charge is 0.328 e. The van der Waals surface area contributed by atoms with E-state index in [0.29, 0.717) is 16.8 Å². The number of aryl methyl sites for hydroxylation is 3. The summed E-state index contributed by atoms with van der Waals surface area (Å²) in [4.78, 5) is 4.59. The van der Waals surface area contributed by atoms with E-state index in [1.807, 2.05) is 0 Å². The minimum absolute atomic E-state index is 0.267. The molecule has 21 heavy (non-hydrogen) atoms. The molecule has 3 rings (SSSR count). The van der Waals surface area contributed by atoms with Crippen molar-refractivity contribution in [3.8, 4) is 0 Å². The van der Waals surface area contributed by atoms with Crippen molar-refractivity contribution in [1.82, 2.24) is 9.55 Å². The smallest absolute Gasteiger partial charge is 0.139 e. The fraction of sp³-hybridized carbons (Fsp3) is 0.267. The molecule has 2 aromatic heterocycles. The summed E-state index contributed by atoms with van der Waals surface area (Å²) in [6.45, 7) is 0.778. The zero-order valence-corrected chi connectivity index (χ0v) is 14.3. The molecule has 0 atom stereocenters. The van der Waals surface area contributed by atoms with Crippen molar-refractivity contribution >= 4 is 49.9 Å². The minimum atomic E-state index is -0.267. The summed E-state index contributed by atoms with van der Waals surface area (Å²) < 4.78 is 16.3. The van der Waals surface area contributed by atoms with E-state index in [9.17, 15) is 4.39 Å². The van der Waals surface area contributed by atoms with Crippen LogP contribution in [-0.4, -0.2) is 15.4 Å². The van der Waals surface area contributed by atoms with E-state index in [1.54, 1.807) is 17.4 Å². The van der Waals surface area contributed by atoms with Gasteiger partial charge < -0.3 is 4.57 Å². The number of hydrogen-bond donors (Lipinski definition) is 0. The predicted octanol–water partition coefficient (Wildman–Crippen LogP) is 5.02. The average molecular weight is 388 g/mol. The molecule has 0 fully saturated rings. The molecule has 0 saturated carbocycles. The van der Waals surface area contributed by atoms with E-state index >= 15 is 0 Å². The summed E-state index contributed by atoms with van der Waals surface area (Å²) >= 11 is 10.8. The number of halogens is 3. The zero-order valence-electron chi connectivity index (χ0n) is 11.2. The quantitative estimate of drug-likeness (QED) is 0.562. The predicted molar refractivity (Wildman–Crippen MR) is 89.8 cm³/mol. The lowest BCUT2D eigenvalue weighted by atomic mass is 10.2. The fourth-order valence-corrected chi connectivity index (χ4v) is 3.57. The number of aromatic nitrogens is 2. The Morgan fingerprint density at radius 3 is 2.90 bits per heavy atom. The molecular formula is C15H13BrClFN2S. The molecule has 2 nitrogen and oxygen atoms in total. The van der Waals surface area contributed by atoms with Crippen molar-refractivity contribution in [3.05, 3.63) is 50.6 Å². The summed E-state index contributed by atoms with van der Waals surface area (Å²) in [7, 11) is 0. The van der Waals surface area contributed by atoms with Crippen molar-refractivity contribution in [3.63, 3.8) is 0 Å². The lowest BCUT2D eigenvalue weighted by Crippen LogP contribution is -2.06. The summed E-state index contributed by atoms with van der Waals surface area (Å²) in [5.74, 6) is 1.15. The van der Waals surface area contributed by atoms with Gasteiger partial charge in [0.1, 0.15) is 11.6 Å². The monoisotopic (exact) mass is 386 g/mol. The number of hydrogen-bond acceptors (Lipinski definition) is 2. The van der Waals surface area contributed by atoms with E-state index in [-0.39, 0.29) is 5.82 Å². The van der Waals surface area contributed by atoms with Gasteiger partial charge in [0.25, 0.3) is 0 Å². The average Bonchev–Trinajstić information content (AvgIpc) is 3.06. The highest BCUT2D eigenvalue weighted by Gasteiger charge is 2.13. The van der Waals surface area contributed by atoms with Gasteiger partial charge in [0, 0.05) is 24.9 Å². The molecule has 0 bridgehead atoms. The zero-order chi connectivity index (χ0) is 14.8. The van der Waals surface area contributed by atoms with Crippen LogP contribution in [0.2, 0.25) is 0 Å². The molecule has 0 amide bonds. The third-order valence-corrected chi connectivity index (χ3v) is 4.92. The van der Waals surface area contributed by atoms with Crippen LogP contribution in [0.25, 0.3) is 11.0 Å². The SMILES string of the molecule is Fc1cc2c(cc1Br)nc(CCCl)n2CCc1ccsc1. The Kier molecular flexibility index (Phi) is 4.62. The summed E-state index contributed by atoms with van der Waals surface area (Å²) in [5.41, 5.74) is 2.91. The van der Waals surface area contributed by atoms with Gasteiger partial charge >= 0.3 is 0 Å². The number of rotatable bonds is 5. The highest BCUT2D eigenvalue weighted by atomic mass is 79.9. The molecule has 0 saturated heterocycles. The highest BCUT2D eigenvalue weighted by molar-refractivity contribution is 9.10. The van der Waals surface area contributed by atoms with Crippen LogP contribution in [0.4, 0.5) is 4.39 Å². The highest BCUT2D eigenvalue weighted by Crippen LogP contribution is 2.25. The van der Waals surface area contributed by atoms with Crippen molar-refractivity contribution in [2.75, 3.05) is 5.88 Å². The van der Waals surface area contributed by atoms with Gasteiger partial charge in [0.2, 0.25) is 0 Å². The molecule has 0 aliphatic carbocycles. The Morgan fingerprint density at radius 1 is 1.33 bits per heavy atom. The molecular weight excluding hydrogens is 375 g/mol. The topological polar surface area (TPSA) is 17.8 Å². The number of thiophene rings is 1. The van der Waals surface area contributed by atoms with E-state index < -0.39 is 0 Å². The van der Waals surface area contributed by atoms with E-state index in [0.717, 1.165) is 29.8 Å². The van der Waals surface area contributed by atoms with Gasteiger partial charge in [0.05, 0.1) is 15.5 Å². The first-order valence-corrected chi connectivity index (χ1v) is 8.87. The van der Waals surface area contributed by atoms with Crippen LogP contribution in [0.5, 0.6) is 0 Å². The Hall–Kier alpha value is -0.910. The van der Waals surface area contributed by atoms with Gasteiger partial charge in [-0.15, -0.1) is 11.6 Å². The van der Waals surface area contributed by atoms with Crippen LogP contribution >= 0.6 is 38.9 Å². The second-order valence-corrected chi connectivity index (χ2v) is 6.77. The lowest BCUT2D eigenvalue weighted by molar-refractivity contribution is 0.620. The lowest BCUT2D eigenvalue weighted by Gasteiger charge is -2.08. The molecule has 1 aromatic carbocycles. The maximum atomic E-state index is 13.8. The maximum Gasteiger partial charge on any atom is 0.139 e. The van der Waals surface area contributed by atoms with Crippen LogP contribution in [-0.2, 0) is 19.4 Å². The van der Waals surface area contributed by atoms with Gasteiger partial charge in [-0.1, -0.05) is 0 Å². The second-order valence-electron chi connectivity index (χ2n) is 4.76. The summed E-state index contributed by atoms with van der Waals surface area (Å²) in [6.07, 6.45) is 1.58. The molecule has 3 aromatic rings.